The summed E-state index contributed by atoms with van der Waals surface area (Å²) in [7, 11) is 0. The third kappa shape index (κ3) is 2.97. The molecule has 0 radical (unpaired) electrons. The number of amides is 2. The van der Waals surface area contributed by atoms with Crippen molar-refractivity contribution < 1.29 is 9.59 Å². The van der Waals surface area contributed by atoms with E-state index >= 15 is 0 Å². The Morgan fingerprint density at radius 3 is 2.50 bits per heavy atom. The van der Waals surface area contributed by atoms with Crippen LogP contribution in [-0.2, 0) is 0 Å². The van der Waals surface area contributed by atoms with Crippen LogP contribution >= 0.6 is 11.6 Å². The number of halogens is 1. The number of hydrogen-bond acceptors (Lipinski definition) is 2. The zero-order valence-corrected chi connectivity index (χ0v) is 11.6. The molecule has 0 aliphatic rings. The Bertz CT molecular complexity index is 683. The van der Waals surface area contributed by atoms with Gasteiger partial charge in [0.05, 0.1) is 0 Å². The minimum absolute atomic E-state index is 0.294. The van der Waals surface area contributed by atoms with Crippen LogP contribution in [0.2, 0.25) is 5.02 Å². The van der Waals surface area contributed by atoms with Crippen molar-refractivity contribution >= 4 is 29.1 Å². The molecule has 20 heavy (non-hydrogen) atoms. The number of carbonyl (C=O) groups is 2. The zero-order valence-electron chi connectivity index (χ0n) is 10.8. The topological polar surface area (TPSA) is 72.2 Å². The molecule has 2 aromatic carbocycles. The SMILES string of the molecule is Cc1c(NC(=O)c2cccc(Cl)c2)cccc1C(N)=O. The summed E-state index contributed by atoms with van der Waals surface area (Å²) in [5.74, 6) is -0.821. The molecule has 0 saturated carbocycles. The summed E-state index contributed by atoms with van der Waals surface area (Å²) in [6, 6.07) is 11.6. The molecule has 0 unspecified atom stereocenters. The predicted octanol–water partition coefficient (Wildman–Crippen LogP) is 3.00. The fourth-order valence-corrected chi connectivity index (χ4v) is 2.05. The molecule has 0 bridgehead atoms. The first kappa shape index (κ1) is 14.1. The standard InChI is InChI=1S/C15H13ClN2O2/c1-9-12(14(17)19)6-3-7-13(9)18-15(20)10-4-2-5-11(16)8-10/h2-8H,1H3,(H2,17,19)(H,18,20). The monoisotopic (exact) mass is 288 g/mol. The lowest BCUT2D eigenvalue weighted by molar-refractivity contribution is 0.0995. The molecular weight excluding hydrogens is 276 g/mol. The van der Waals surface area contributed by atoms with Crippen molar-refractivity contribution in [1.29, 1.82) is 0 Å². The Kier molecular flexibility index (Phi) is 4.05. The normalized spacial score (nSPS) is 10.1. The van der Waals surface area contributed by atoms with Gasteiger partial charge in [0.1, 0.15) is 0 Å². The van der Waals surface area contributed by atoms with E-state index in [1.165, 1.54) is 0 Å². The highest BCUT2D eigenvalue weighted by atomic mass is 35.5. The molecule has 2 amide bonds. The van der Waals surface area contributed by atoms with Gasteiger partial charge in [-0.2, -0.15) is 0 Å². The van der Waals surface area contributed by atoms with Gasteiger partial charge in [0.15, 0.2) is 0 Å². The molecule has 3 N–H and O–H groups in total. The Morgan fingerprint density at radius 2 is 1.85 bits per heavy atom. The summed E-state index contributed by atoms with van der Waals surface area (Å²) in [5, 5.41) is 3.23. The second-order valence-corrected chi connectivity index (χ2v) is 4.74. The quantitative estimate of drug-likeness (QED) is 0.911. The Hall–Kier alpha value is -2.33. The number of nitrogens with one attached hydrogen (secondary N) is 1. The van der Waals surface area contributed by atoms with Crippen molar-refractivity contribution in [2.24, 2.45) is 5.73 Å². The molecule has 2 rings (SSSR count). The van der Waals surface area contributed by atoms with Crippen molar-refractivity contribution in [3.05, 3.63) is 64.2 Å². The van der Waals surface area contributed by atoms with Gasteiger partial charge in [0.2, 0.25) is 5.91 Å². The van der Waals surface area contributed by atoms with E-state index in [-0.39, 0.29) is 5.91 Å². The third-order valence-electron chi connectivity index (χ3n) is 2.93. The second-order valence-electron chi connectivity index (χ2n) is 4.31. The lowest BCUT2D eigenvalue weighted by Gasteiger charge is -2.11. The molecule has 0 aliphatic heterocycles. The summed E-state index contributed by atoms with van der Waals surface area (Å²) >= 11 is 5.85. The summed E-state index contributed by atoms with van der Waals surface area (Å²) in [4.78, 5) is 23.4. The van der Waals surface area contributed by atoms with Gasteiger partial charge < -0.3 is 11.1 Å². The second kappa shape index (κ2) is 5.75. The molecule has 4 nitrogen and oxygen atoms in total. The van der Waals surface area contributed by atoms with Gasteiger partial charge in [0, 0.05) is 21.8 Å². The fraction of sp³-hybridized carbons (Fsp3) is 0.0667. The van der Waals surface area contributed by atoms with Crippen LogP contribution in [0.3, 0.4) is 0 Å². The van der Waals surface area contributed by atoms with Gasteiger partial charge in [-0.15, -0.1) is 0 Å². The number of carbonyl (C=O) groups excluding carboxylic acids is 2. The first-order chi connectivity index (χ1) is 9.49. The maximum atomic E-state index is 12.1. The van der Waals surface area contributed by atoms with E-state index in [4.69, 9.17) is 17.3 Å². The molecule has 102 valence electrons. The Balaban J connectivity index is 2.29. The van der Waals surface area contributed by atoms with Crippen LogP contribution in [0.15, 0.2) is 42.5 Å². The molecule has 0 heterocycles. The number of hydrogen-bond donors (Lipinski definition) is 2. The average Bonchev–Trinajstić information content (AvgIpc) is 2.40. The first-order valence-electron chi connectivity index (χ1n) is 5.95. The van der Waals surface area contributed by atoms with Crippen molar-refractivity contribution in [2.45, 2.75) is 6.92 Å². The predicted molar refractivity (Wildman–Crippen MR) is 79.1 cm³/mol. The average molecular weight is 289 g/mol. The molecule has 0 aliphatic carbocycles. The lowest BCUT2D eigenvalue weighted by Crippen LogP contribution is -2.16. The summed E-state index contributed by atoms with van der Waals surface area (Å²) in [6.45, 7) is 1.73. The van der Waals surface area contributed by atoms with Gasteiger partial charge in [-0.25, -0.2) is 0 Å². The van der Waals surface area contributed by atoms with E-state index in [2.05, 4.69) is 5.32 Å². The number of rotatable bonds is 3. The Labute approximate surface area is 121 Å². The van der Waals surface area contributed by atoms with Crippen molar-refractivity contribution in [1.82, 2.24) is 0 Å². The maximum Gasteiger partial charge on any atom is 0.255 e. The molecule has 0 saturated heterocycles. The third-order valence-corrected chi connectivity index (χ3v) is 3.17. The summed E-state index contributed by atoms with van der Waals surface area (Å²) in [6.07, 6.45) is 0. The summed E-state index contributed by atoms with van der Waals surface area (Å²) in [5.41, 5.74) is 7.29. The molecule has 0 atom stereocenters. The number of primary amides is 1. The van der Waals surface area contributed by atoms with Crippen LogP contribution in [0.5, 0.6) is 0 Å². The van der Waals surface area contributed by atoms with E-state index < -0.39 is 5.91 Å². The van der Waals surface area contributed by atoms with E-state index in [1.54, 1.807) is 49.4 Å². The van der Waals surface area contributed by atoms with Crippen LogP contribution in [0.4, 0.5) is 5.69 Å². The van der Waals surface area contributed by atoms with E-state index in [1.807, 2.05) is 0 Å². The fourth-order valence-electron chi connectivity index (χ4n) is 1.86. The summed E-state index contributed by atoms with van der Waals surface area (Å²) < 4.78 is 0. The molecule has 5 heteroatoms. The van der Waals surface area contributed by atoms with E-state index in [0.29, 0.717) is 27.4 Å². The van der Waals surface area contributed by atoms with Crippen LogP contribution in [0, 0.1) is 6.92 Å². The van der Waals surface area contributed by atoms with Gasteiger partial charge >= 0.3 is 0 Å². The smallest absolute Gasteiger partial charge is 0.255 e. The highest BCUT2D eigenvalue weighted by Crippen LogP contribution is 2.20. The number of nitrogens with two attached hydrogens (primary N) is 1. The van der Waals surface area contributed by atoms with Gasteiger partial charge in [-0.1, -0.05) is 23.7 Å². The van der Waals surface area contributed by atoms with Crippen molar-refractivity contribution in [2.75, 3.05) is 5.32 Å². The van der Waals surface area contributed by atoms with Gasteiger partial charge in [0.25, 0.3) is 5.91 Å². The van der Waals surface area contributed by atoms with Gasteiger partial charge in [-0.05, 0) is 42.8 Å². The molecule has 0 spiro atoms. The molecule has 2 aromatic rings. The zero-order chi connectivity index (χ0) is 14.7. The lowest BCUT2D eigenvalue weighted by atomic mass is 10.1. The van der Waals surface area contributed by atoms with Crippen LogP contribution < -0.4 is 11.1 Å². The first-order valence-corrected chi connectivity index (χ1v) is 6.33. The highest BCUT2D eigenvalue weighted by molar-refractivity contribution is 6.31. The van der Waals surface area contributed by atoms with Crippen LogP contribution in [-0.4, -0.2) is 11.8 Å². The van der Waals surface area contributed by atoms with E-state index in [9.17, 15) is 9.59 Å². The van der Waals surface area contributed by atoms with Gasteiger partial charge in [-0.3, -0.25) is 9.59 Å². The van der Waals surface area contributed by atoms with Crippen molar-refractivity contribution in [3.63, 3.8) is 0 Å². The highest BCUT2D eigenvalue weighted by Gasteiger charge is 2.12. The number of anilines is 1. The van der Waals surface area contributed by atoms with Crippen LogP contribution in [0.1, 0.15) is 26.3 Å². The molecular formula is C15H13ClN2O2. The minimum atomic E-state index is -0.527. The minimum Gasteiger partial charge on any atom is -0.366 e. The molecule has 0 fully saturated rings. The van der Waals surface area contributed by atoms with Crippen molar-refractivity contribution in [3.8, 4) is 0 Å². The van der Waals surface area contributed by atoms with E-state index in [0.717, 1.165) is 0 Å². The molecule has 0 aromatic heterocycles. The van der Waals surface area contributed by atoms with Crippen LogP contribution in [0.25, 0.3) is 0 Å². The maximum absolute atomic E-state index is 12.1. The Morgan fingerprint density at radius 1 is 1.15 bits per heavy atom. The largest absolute Gasteiger partial charge is 0.366 e. The number of benzene rings is 2.